The number of halogens is 2. The van der Waals surface area contributed by atoms with E-state index in [0.29, 0.717) is 47.5 Å². The van der Waals surface area contributed by atoms with Crippen LogP contribution >= 0.6 is 23.2 Å². The highest BCUT2D eigenvalue weighted by atomic mass is 35.5. The molecule has 1 aliphatic heterocycles. The molecule has 0 radical (unpaired) electrons. The van der Waals surface area contributed by atoms with Crippen LogP contribution in [0.15, 0.2) is 48.5 Å². The smallest absolute Gasteiger partial charge is 0.260 e. The molecule has 0 saturated carbocycles. The zero-order valence-corrected chi connectivity index (χ0v) is 15.5. The molecule has 0 spiro atoms. The van der Waals surface area contributed by atoms with Crippen LogP contribution in [0.3, 0.4) is 0 Å². The van der Waals surface area contributed by atoms with E-state index in [4.69, 9.17) is 27.9 Å². The van der Waals surface area contributed by atoms with Gasteiger partial charge in [0.15, 0.2) is 6.61 Å². The summed E-state index contributed by atoms with van der Waals surface area (Å²) in [5, 5.41) is 0.894. The van der Waals surface area contributed by atoms with Crippen molar-refractivity contribution in [3.8, 4) is 5.75 Å². The summed E-state index contributed by atoms with van der Waals surface area (Å²) in [6.07, 6.45) is 0. The number of rotatable bonds is 4. The van der Waals surface area contributed by atoms with Crippen LogP contribution in [0.2, 0.25) is 10.0 Å². The summed E-state index contributed by atoms with van der Waals surface area (Å²) in [5.74, 6) is 0.220. The SMILES string of the molecule is O=C(COc1cc(Cl)ccc1Cl)N1CCN(C(=O)c2ccccc2)CC1. The summed E-state index contributed by atoms with van der Waals surface area (Å²) in [5.41, 5.74) is 0.659. The molecule has 2 aromatic rings. The van der Waals surface area contributed by atoms with Gasteiger partial charge in [-0.3, -0.25) is 9.59 Å². The van der Waals surface area contributed by atoms with Crippen molar-refractivity contribution in [2.45, 2.75) is 0 Å². The minimum absolute atomic E-state index is 0.0142. The van der Waals surface area contributed by atoms with E-state index in [9.17, 15) is 9.59 Å². The summed E-state index contributed by atoms with van der Waals surface area (Å²) in [6, 6.07) is 14.0. The molecule has 3 rings (SSSR count). The zero-order valence-electron chi connectivity index (χ0n) is 14.0. The van der Waals surface area contributed by atoms with Gasteiger partial charge in [0.1, 0.15) is 5.75 Å². The molecule has 0 bridgehead atoms. The highest BCUT2D eigenvalue weighted by Gasteiger charge is 2.25. The van der Waals surface area contributed by atoms with Crippen LogP contribution < -0.4 is 4.74 Å². The van der Waals surface area contributed by atoms with E-state index < -0.39 is 0 Å². The fourth-order valence-corrected chi connectivity index (χ4v) is 3.08. The molecule has 0 unspecified atom stereocenters. The van der Waals surface area contributed by atoms with Crippen molar-refractivity contribution in [3.05, 3.63) is 64.1 Å². The molecule has 0 atom stereocenters. The third-order valence-corrected chi connectivity index (χ3v) is 4.73. The molecule has 2 amide bonds. The van der Waals surface area contributed by atoms with Gasteiger partial charge in [-0.05, 0) is 24.3 Å². The van der Waals surface area contributed by atoms with E-state index in [2.05, 4.69) is 0 Å². The van der Waals surface area contributed by atoms with E-state index in [0.717, 1.165) is 0 Å². The van der Waals surface area contributed by atoms with Gasteiger partial charge in [-0.25, -0.2) is 0 Å². The van der Waals surface area contributed by atoms with Crippen LogP contribution in [-0.2, 0) is 4.79 Å². The minimum Gasteiger partial charge on any atom is -0.482 e. The number of amides is 2. The van der Waals surface area contributed by atoms with Crippen molar-refractivity contribution < 1.29 is 14.3 Å². The molecule has 136 valence electrons. The lowest BCUT2D eigenvalue weighted by molar-refractivity contribution is -0.134. The average molecular weight is 393 g/mol. The topological polar surface area (TPSA) is 49.9 Å². The highest BCUT2D eigenvalue weighted by molar-refractivity contribution is 6.34. The molecule has 7 heteroatoms. The number of carbonyl (C=O) groups excluding carboxylic acids is 2. The van der Waals surface area contributed by atoms with Crippen LogP contribution in [0.5, 0.6) is 5.75 Å². The molecule has 26 heavy (non-hydrogen) atoms. The Hall–Kier alpha value is -2.24. The Balaban J connectivity index is 1.50. The van der Waals surface area contributed by atoms with E-state index in [1.54, 1.807) is 40.1 Å². The number of hydrogen-bond acceptors (Lipinski definition) is 3. The fourth-order valence-electron chi connectivity index (χ4n) is 2.74. The van der Waals surface area contributed by atoms with Gasteiger partial charge in [0.05, 0.1) is 5.02 Å². The van der Waals surface area contributed by atoms with Gasteiger partial charge in [-0.15, -0.1) is 0 Å². The number of carbonyl (C=O) groups is 2. The second kappa shape index (κ2) is 8.43. The Kier molecular flexibility index (Phi) is 6.01. The maximum absolute atomic E-state index is 12.4. The Labute approximate surface area is 162 Å². The third kappa shape index (κ3) is 4.48. The Bertz CT molecular complexity index is 791. The first-order chi connectivity index (χ1) is 12.5. The maximum Gasteiger partial charge on any atom is 0.260 e. The number of piperazine rings is 1. The molecule has 1 saturated heterocycles. The monoisotopic (exact) mass is 392 g/mol. The Morgan fingerprint density at radius 3 is 2.27 bits per heavy atom. The lowest BCUT2D eigenvalue weighted by Crippen LogP contribution is -2.51. The molecule has 1 heterocycles. The summed E-state index contributed by atoms with van der Waals surface area (Å²) in [7, 11) is 0. The second-order valence-electron chi connectivity index (χ2n) is 5.90. The molecular weight excluding hydrogens is 375 g/mol. The number of ether oxygens (including phenoxy) is 1. The van der Waals surface area contributed by atoms with E-state index in [1.807, 2.05) is 18.2 Å². The third-order valence-electron chi connectivity index (χ3n) is 4.18. The lowest BCUT2D eigenvalue weighted by Gasteiger charge is -2.34. The fraction of sp³-hybridized carbons (Fsp3) is 0.263. The van der Waals surface area contributed by atoms with Gasteiger partial charge in [0.2, 0.25) is 0 Å². The Morgan fingerprint density at radius 1 is 0.923 bits per heavy atom. The quantitative estimate of drug-likeness (QED) is 0.801. The van der Waals surface area contributed by atoms with Gasteiger partial charge in [-0.1, -0.05) is 41.4 Å². The normalized spacial score (nSPS) is 14.2. The molecule has 1 fully saturated rings. The molecule has 5 nitrogen and oxygen atoms in total. The number of nitrogens with zero attached hydrogens (tertiary/aromatic N) is 2. The van der Waals surface area contributed by atoms with Crippen LogP contribution in [-0.4, -0.2) is 54.4 Å². The summed E-state index contributed by atoms with van der Waals surface area (Å²) in [6.45, 7) is 1.83. The van der Waals surface area contributed by atoms with Crippen LogP contribution in [0.4, 0.5) is 0 Å². The van der Waals surface area contributed by atoms with Crippen molar-refractivity contribution in [1.82, 2.24) is 9.80 Å². The first-order valence-corrected chi connectivity index (χ1v) is 9.00. The van der Waals surface area contributed by atoms with Gasteiger partial charge in [-0.2, -0.15) is 0 Å². The predicted octanol–water partition coefficient (Wildman–Crippen LogP) is 3.36. The Morgan fingerprint density at radius 2 is 1.58 bits per heavy atom. The van der Waals surface area contributed by atoms with Gasteiger partial charge in [0, 0.05) is 42.8 Å². The first kappa shape index (κ1) is 18.5. The highest BCUT2D eigenvalue weighted by Crippen LogP contribution is 2.27. The summed E-state index contributed by atoms with van der Waals surface area (Å²) < 4.78 is 5.49. The average Bonchev–Trinajstić information content (AvgIpc) is 2.68. The van der Waals surface area contributed by atoms with Gasteiger partial charge >= 0.3 is 0 Å². The molecule has 0 aliphatic carbocycles. The minimum atomic E-state index is -0.146. The molecule has 1 aliphatic rings. The van der Waals surface area contributed by atoms with Gasteiger partial charge < -0.3 is 14.5 Å². The summed E-state index contributed by atoms with van der Waals surface area (Å²) in [4.78, 5) is 28.2. The van der Waals surface area contributed by atoms with Crippen molar-refractivity contribution >= 4 is 35.0 Å². The molecule has 2 aromatic carbocycles. The van der Waals surface area contributed by atoms with Crippen molar-refractivity contribution in [3.63, 3.8) is 0 Å². The maximum atomic E-state index is 12.4. The number of benzene rings is 2. The number of hydrogen-bond donors (Lipinski definition) is 0. The van der Waals surface area contributed by atoms with Crippen molar-refractivity contribution in [1.29, 1.82) is 0 Å². The lowest BCUT2D eigenvalue weighted by atomic mass is 10.2. The standard InChI is InChI=1S/C19H18Cl2N2O3/c20-15-6-7-16(21)17(12-15)26-13-18(24)22-8-10-23(11-9-22)19(25)14-4-2-1-3-5-14/h1-7,12H,8-11,13H2. The molecule has 0 aromatic heterocycles. The van der Waals surface area contributed by atoms with Crippen LogP contribution in [0, 0.1) is 0 Å². The van der Waals surface area contributed by atoms with Gasteiger partial charge in [0.25, 0.3) is 11.8 Å². The largest absolute Gasteiger partial charge is 0.482 e. The summed E-state index contributed by atoms with van der Waals surface area (Å²) >= 11 is 11.9. The predicted molar refractivity (Wildman–Crippen MR) is 101 cm³/mol. The first-order valence-electron chi connectivity index (χ1n) is 8.24. The molecular formula is C19H18Cl2N2O3. The van der Waals surface area contributed by atoms with Crippen LogP contribution in [0.1, 0.15) is 10.4 Å². The molecule has 0 N–H and O–H groups in total. The van der Waals surface area contributed by atoms with Crippen molar-refractivity contribution in [2.24, 2.45) is 0 Å². The van der Waals surface area contributed by atoms with E-state index in [1.165, 1.54) is 0 Å². The van der Waals surface area contributed by atoms with Crippen molar-refractivity contribution in [2.75, 3.05) is 32.8 Å². The second-order valence-corrected chi connectivity index (χ2v) is 6.75. The van der Waals surface area contributed by atoms with Crippen LogP contribution in [0.25, 0.3) is 0 Å². The van der Waals surface area contributed by atoms with E-state index >= 15 is 0 Å². The zero-order chi connectivity index (χ0) is 18.5. The van der Waals surface area contributed by atoms with E-state index in [-0.39, 0.29) is 18.4 Å².